The second-order valence-electron chi connectivity index (χ2n) is 7.92. The fourth-order valence-electron chi connectivity index (χ4n) is 3.77. The van der Waals surface area contributed by atoms with Gasteiger partial charge in [0.15, 0.2) is 27.5 Å². The molecule has 0 radical (unpaired) electrons. The molecular formula is C21H24N6O5S2. The number of hydrogen-bond acceptors (Lipinski definition) is 12. The predicted octanol–water partition coefficient (Wildman–Crippen LogP) is 1.65. The molecular weight excluding hydrogens is 480 g/mol. The van der Waals surface area contributed by atoms with Gasteiger partial charge in [-0.25, -0.2) is 9.97 Å². The van der Waals surface area contributed by atoms with E-state index in [1.54, 1.807) is 23.1 Å². The molecule has 4 N–H and O–H groups in total. The molecule has 11 nitrogen and oxygen atoms in total. The summed E-state index contributed by atoms with van der Waals surface area (Å²) in [4.78, 5) is 17.9. The van der Waals surface area contributed by atoms with Crippen LogP contribution >= 0.6 is 23.1 Å². The van der Waals surface area contributed by atoms with Gasteiger partial charge in [0.2, 0.25) is 0 Å². The number of methoxy groups -OCH3 is 1. The summed E-state index contributed by atoms with van der Waals surface area (Å²) in [6, 6.07) is 8.18. The molecule has 1 aromatic carbocycles. The zero-order chi connectivity index (χ0) is 23.8. The number of imidazole rings is 1. The quantitative estimate of drug-likeness (QED) is 0.260. The summed E-state index contributed by atoms with van der Waals surface area (Å²) in [7, 11) is 1.46. The average molecular weight is 505 g/mol. The van der Waals surface area contributed by atoms with Crippen molar-refractivity contribution in [2.24, 2.45) is 0 Å². The molecule has 13 heteroatoms. The fraction of sp³-hybridized carbons (Fsp3) is 0.429. The predicted molar refractivity (Wildman–Crippen MR) is 128 cm³/mol. The number of aliphatic hydroxyl groups is 3. The van der Waals surface area contributed by atoms with E-state index in [2.05, 4.69) is 31.3 Å². The second kappa shape index (κ2) is 9.60. The minimum absolute atomic E-state index is 0.0129. The maximum atomic E-state index is 10.4. The molecule has 0 saturated carbocycles. The molecule has 1 aliphatic heterocycles. The van der Waals surface area contributed by atoms with Crippen molar-refractivity contribution in [3.8, 4) is 6.01 Å². The summed E-state index contributed by atoms with van der Waals surface area (Å²) < 4.78 is 14.6. The van der Waals surface area contributed by atoms with Gasteiger partial charge in [-0.2, -0.15) is 9.97 Å². The van der Waals surface area contributed by atoms with Crippen LogP contribution in [0.4, 0.5) is 5.82 Å². The Morgan fingerprint density at radius 3 is 2.79 bits per heavy atom. The maximum Gasteiger partial charge on any atom is 0.320 e. The van der Waals surface area contributed by atoms with Gasteiger partial charge >= 0.3 is 6.01 Å². The van der Waals surface area contributed by atoms with E-state index >= 15 is 0 Å². The summed E-state index contributed by atoms with van der Waals surface area (Å²) in [5, 5.41) is 33.3. The first-order valence-electron chi connectivity index (χ1n) is 10.6. The van der Waals surface area contributed by atoms with E-state index in [-0.39, 0.29) is 12.1 Å². The first kappa shape index (κ1) is 23.2. The summed E-state index contributed by atoms with van der Waals surface area (Å²) >= 11 is 3.32. The Hall–Kier alpha value is -2.55. The van der Waals surface area contributed by atoms with Crippen molar-refractivity contribution < 1.29 is 24.8 Å². The number of hydrogen-bond donors (Lipinski definition) is 4. The van der Waals surface area contributed by atoms with Crippen LogP contribution in [-0.2, 0) is 4.74 Å². The molecule has 1 aliphatic rings. The zero-order valence-electron chi connectivity index (χ0n) is 18.4. The SMILES string of the molecule is COc1nc(NC(C)CSc2nc3ccccc3s2)c2ncn(C3OC(CO)C(O)C3O)c2n1. The molecule has 0 bridgehead atoms. The van der Waals surface area contributed by atoms with Gasteiger partial charge < -0.3 is 30.1 Å². The van der Waals surface area contributed by atoms with E-state index in [4.69, 9.17) is 9.47 Å². The van der Waals surface area contributed by atoms with Crippen molar-refractivity contribution >= 4 is 50.3 Å². The van der Waals surface area contributed by atoms with Crippen molar-refractivity contribution in [1.29, 1.82) is 0 Å². The fourth-order valence-corrected chi connectivity index (χ4v) is 5.81. The van der Waals surface area contributed by atoms with Crippen LogP contribution in [0.1, 0.15) is 13.2 Å². The number of thioether (sulfide) groups is 1. The standard InChI is InChI=1S/C21H24N6O5S2/c1-10(8-33-21-24-11-5-3-4-6-13(11)34-21)23-17-14-18(26-20(25-17)31-2)27(9-22-14)19-16(30)15(29)12(7-28)32-19/h3-6,9-10,12,15-16,19,28-30H,7-8H2,1-2H3,(H,23,25,26). The third-order valence-electron chi connectivity index (χ3n) is 5.49. The highest BCUT2D eigenvalue weighted by Crippen LogP contribution is 2.34. The zero-order valence-corrected chi connectivity index (χ0v) is 20.0. The van der Waals surface area contributed by atoms with Crippen LogP contribution in [0.2, 0.25) is 0 Å². The first-order chi connectivity index (χ1) is 16.5. The van der Waals surface area contributed by atoms with Crippen molar-refractivity contribution in [3.05, 3.63) is 30.6 Å². The highest BCUT2D eigenvalue weighted by Gasteiger charge is 2.44. The number of fused-ring (bicyclic) bond motifs is 2. The van der Waals surface area contributed by atoms with Crippen molar-refractivity contribution in [2.75, 3.05) is 24.8 Å². The van der Waals surface area contributed by atoms with Crippen LogP contribution in [0.3, 0.4) is 0 Å². The number of nitrogens with one attached hydrogen (secondary N) is 1. The monoisotopic (exact) mass is 504 g/mol. The summed E-state index contributed by atoms with van der Waals surface area (Å²) in [5.74, 6) is 1.22. The number of aromatic nitrogens is 5. The number of anilines is 1. The Kier molecular flexibility index (Phi) is 6.55. The van der Waals surface area contributed by atoms with Gasteiger partial charge in [-0.3, -0.25) is 4.57 Å². The molecule has 4 heterocycles. The maximum absolute atomic E-state index is 10.4. The largest absolute Gasteiger partial charge is 0.467 e. The van der Waals surface area contributed by atoms with Gasteiger partial charge in [-0.1, -0.05) is 23.9 Å². The summed E-state index contributed by atoms with van der Waals surface area (Å²) in [6.45, 7) is 1.61. The summed E-state index contributed by atoms with van der Waals surface area (Å²) in [6.07, 6.45) is -2.88. The third-order valence-corrected chi connectivity index (χ3v) is 7.93. The Balaban J connectivity index is 1.36. The molecule has 34 heavy (non-hydrogen) atoms. The van der Waals surface area contributed by atoms with Crippen LogP contribution < -0.4 is 10.1 Å². The number of ether oxygens (including phenoxy) is 2. The highest BCUT2D eigenvalue weighted by atomic mass is 32.2. The number of benzene rings is 1. The molecule has 5 rings (SSSR count). The van der Waals surface area contributed by atoms with Crippen LogP contribution in [0.25, 0.3) is 21.4 Å². The Labute approximate surface area is 202 Å². The lowest BCUT2D eigenvalue weighted by atomic mass is 10.1. The second-order valence-corrected chi connectivity index (χ2v) is 10.2. The molecule has 5 atom stereocenters. The summed E-state index contributed by atoms with van der Waals surface area (Å²) in [5.41, 5.74) is 1.83. The molecule has 1 fully saturated rings. The van der Waals surface area contributed by atoms with Crippen molar-refractivity contribution in [3.63, 3.8) is 0 Å². The Morgan fingerprint density at radius 1 is 1.24 bits per heavy atom. The highest BCUT2D eigenvalue weighted by molar-refractivity contribution is 8.01. The van der Waals surface area contributed by atoms with Crippen LogP contribution in [-0.4, -0.2) is 83.6 Å². The molecule has 0 aliphatic carbocycles. The molecule has 1 saturated heterocycles. The van der Waals surface area contributed by atoms with Gasteiger partial charge in [-0.15, -0.1) is 11.3 Å². The minimum Gasteiger partial charge on any atom is -0.467 e. The van der Waals surface area contributed by atoms with Crippen molar-refractivity contribution in [2.45, 2.75) is 41.8 Å². The Bertz CT molecular complexity index is 1270. The molecule has 5 unspecified atom stereocenters. The lowest BCUT2D eigenvalue weighted by Crippen LogP contribution is -2.33. The third kappa shape index (κ3) is 4.30. The minimum atomic E-state index is -1.25. The van der Waals surface area contributed by atoms with Crippen LogP contribution in [0, 0.1) is 0 Å². The molecule has 180 valence electrons. The average Bonchev–Trinajstić information content (AvgIpc) is 3.53. The number of nitrogens with zero attached hydrogens (tertiary/aromatic N) is 5. The van der Waals surface area contributed by atoms with Crippen molar-refractivity contribution in [1.82, 2.24) is 24.5 Å². The van der Waals surface area contributed by atoms with Gasteiger partial charge in [0.05, 0.1) is 30.3 Å². The van der Waals surface area contributed by atoms with E-state index in [1.165, 1.54) is 18.0 Å². The van der Waals surface area contributed by atoms with Gasteiger partial charge in [0, 0.05) is 11.8 Å². The van der Waals surface area contributed by atoms with E-state index in [9.17, 15) is 15.3 Å². The molecule has 0 amide bonds. The number of thiazole rings is 1. The normalized spacial score (nSPS) is 23.6. The van der Waals surface area contributed by atoms with Gasteiger partial charge in [-0.05, 0) is 19.1 Å². The molecule has 0 spiro atoms. The van der Waals surface area contributed by atoms with E-state index in [1.807, 2.05) is 25.1 Å². The number of para-hydroxylation sites is 1. The van der Waals surface area contributed by atoms with Gasteiger partial charge in [0.1, 0.15) is 18.3 Å². The van der Waals surface area contributed by atoms with Crippen LogP contribution in [0.15, 0.2) is 34.9 Å². The lowest BCUT2D eigenvalue weighted by molar-refractivity contribution is -0.0511. The van der Waals surface area contributed by atoms with E-state index < -0.39 is 31.1 Å². The van der Waals surface area contributed by atoms with E-state index in [0.29, 0.717) is 17.0 Å². The van der Waals surface area contributed by atoms with Gasteiger partial charge in [0.25, 0.3) is 0 Å². The lowest BCUT2D eigenvalue weighted by Gasteiger charge is -2.17. The Morgan fingerprint density at radius 2 is 2.06 bits per heavy atom. The molecule has 4 aromatic rings. The van der Waals surface area contributed by atoms with E-state index in [0.717, 1.165) is 20.3 Å². The molecule has 3 aromatic heterocycles. The first-order valence-corrected chi connectivity index (χ1v) is 12.4. The number of rotatable bonds is 8. The smallest absolute Gasteiger partial charge is 0.320 e. The number of aliphatic hydroxyl groups excluding tert-OH is 3. The van der Waals surface area contributed by atoms with Crippen LogP contribution in [0.5, 0.6) is 6.01 Å². The topological polar surface area (TPSA) is 148 Å².